The Morgan fingerprint density at radius 1 is 0.941 bits per heavy atom. The summed E-state index contributed by atoms with van der Waals surface area (Å²) in [6.45, 7) is 4.13. The molecular formula is C25H27FN2O5S. The summed E-state index contributed by atoms with van der Waals surface area (Å²) >= 11 is 0. The van der Waals surface area contributed by atoms with Crippen LogP contribution in [0, 0.1) is 5.82 Å². The molecule has 0 aliphatic carbocycles. The third-order valence-corrected chi connectivity index (χ3v) is 7.18. The number of carbonyl (C=O) groups excluding carboxylic acids is 1. The van der Waals surface area contributed by atoms with E-state index in [1.54, 1.807) is 45.2 Å². The van der Waals surface area contributed by atoms with E-state index in [-0.39, 0.29) is 28.7 Å². The highest BCUT2D eigenvalue weighted by molar-refractivity contribution is 7.89. The molecule has 0 aromatic heterocycles. The van der Waals surface area contributed by atoms with Crippen molar-refractivity contribution in [2.75, 3.05) is 25.5 Å². The summed E-state index contributed by atoms with van der Waals surface area (Å²) in [7, 11) is -2.20. The van der Waals surface area contributed by atoms with Gasteiger partial charge in [0.2, 0.25) is 15.9 Å². The molecule has 0 radical (unpaired) electrons. The number of halogens is 1. The van der Waals surface area contributed by atoms with E-state index in [0.717, 1.165) is 5.56 Å². The Bertz CT molecular complexity index is 1230. The Labute approximate surface area is 199 Å². The van der Waals surface area contributed by atoms with Crippen LogP contribution in [0.25, 0.3) is 0 Å². The predicted molar refractivity (Wildman–Crippen MR) is 128 cm³/mol. The summed E-state index contributed by atoms with van der Waals surface area (Å²) in [4.78, 5) is 12.8. The van der Waals surface area contributed by atoms with E-state index < -0.39 is 15.8 Å². The summed E-state index contributed by atoms with van der Waals surface area (Å²) in [5, 5.41) is 2.75. The molecule has 3 aromatic carbocycles. The van der Waals surface area contributed by atoms with Crippen LogP contribution in [0.3, 0.4) is 0 Å². The molecule has 0 aliphatic rings. The van der Waals surface area contributed by atoms with E-state index in [1.807, 2.05) is 0 Å². The van der Waals surface area contributed by atoms with Crippen molar-refractivity contribution in [3.8, 4) is 17.2 Å². The molecule has 0 atom stereocenters. The van der Waals surface area contributed by atoms with Crippen molar-refractivity contribution >= 4 is 21.6 Å². The largest absolute Gasteiger partial charge is 0.497 e. The van der Waals surface area contributed by atoms with Crippen LogP contribution in [0.2, 0.25) is 0 Å². The fraction of sp³-hybridized carbons (Fsp3) is 0.240. The Kier molecular flexibility index (Phi) is 8.25. The van der Waals surface area contributed by atoms with Crippen molar-refractivity contribution in [3.63, 3.8) is 0 Å². The van der Waals surface area contributed by atoms with Crippen LogP contribution in [-0.2, 0) is 21.2 Å². The summed E-state index contributed by atoms with van der Waals surface area (Å²) in [5.74, 6) is 0.473. The minimum atomic E-state index is -3.76. The molecular weight excluding hydrogens is 459 g/mol. The molecule has 9 heteroatoms. The molecule has 3 rings (SSSR count). The monoisotopic (exact) mass is 486 g/mol. The number of amides is 1. The molecule has 0 aliphatic heterocycles. The maximum Gasteiger partial charge on any atom is 0.243 e. The lowest BCUT2D eigenvalue weighted by molar-refractivity contribution is -0.115. The van der Waals surface area contributed by atoms with Crippen molar-refractivity contribution in [1.29, 1.82) is 0 Å². The molecule has 34 heavy (non-hydrogen) atoms. The second-order valence-electron chi connectivity index (χ2n) is 7.38. The molecule has 3 aromatic rings. The van der Waals surface area contributed by atoms with E-state index in [2.05, 4.69) is 5.32 Å². The Morgan fingerprint density at radius 2 is 1.56 bits per heavy atom. The average molecular weight is 487 g/mol. The number of anilines is 1. The predicted octanol–water partition coefficient (Wildman–Crippen LogP) is 4.84. The number of carbonyl (C=O) groups is 1. The van der Waals surface area contributed by atoms with Gasteiger partial charge in [-0.2, -0.15) is 4.31 Å². The van der Waals surface area contributed by atoms with Crippen LogP contribution >= 0.6 is 0 Å². The Morgan fingerprint density at radius 3 is 2.15 bits per heavy atom. The molecule has 7 nitrogen and oxygen atoms in total. The molecule has 0 bridgehead atoms. The van der Waals surface area contributed by atoms with E-state index in [1.165, 1.54) is 46.8 Å². The number of benzene rings is 3. The van der Waals surface area contributed by atoms with Crippen molar-refractivity contribution in [2.45, 2.75) is 25.2 Å². The Hall–Kier alpha value is -3.43. The number of ether oxygens (including phenoxy) is 2. The van der Waals surface area contributed by atoms with Crippen molar-refractivity contribution in [1.82, 2.24) is 4.31 Å². The number of hydrogen-bond donors (Lipinski definition) is 1. The lowest BCUT2D eigenvalue weighted by Gasteiger charge is -2.20. The van der Waals surface area contributed by atoms with Crippen molar-refractivity contribution < 1.29 is 27.1 Å². The molecule has 1 N–H and O–H groups in total. The summed E-state index contributed by atoms with van der Waals surface area (Å²) in [5.41, 5.74) is 0.947. The zero-order valence-corrected chi connectivity index (χ0v) is 20.1. The van der Waals surface area contributed by atoms with Crippen LogP contribution < -0.4 is 14.8 Å². The highest BCUT2D eigenvalue weighted by Crippen LogP contribution is 2.33. The first-order valence-corrected chi connectivity index (χ1v) is 12.2. The van der Waals surface area contributed by atoms with Gasteiger partial charge in [-0.3, -0.25) is 4.79 Å². The van der Waals surface area contributed by atoms with Gasteiger partial charge in [0, 0.05) is 13.1 Å². The topological polar surface area (TPSA) is 84.9 Å². The number of sulfonamides is 1. The normalized spacial score (nSPS) is 11.3. The summed E-state index contributed by atoms with van der Waals surface area (Å²) < 4.78 is 51.6. The summed E-state index contributed by atoms with van der Waals surface area (Å²) in [6.07, 6.45) is 0.0625. The Balaban J connectivity index is 1.92. The molecule has 1 amide bonds. The number of rotatable bonds is 10. The molecule has 180 valence electrons. The van der Waals surface area contributed by atoms with Crippen LogP contribution in [0.5, 0.6) is 17.2 Å². The molecule has 0 saturated heterocycles. The highest BCUT2D eigenvalue weighted by atomic mass is 32.2. The quantitative estimate of drug-likeness (QED) is 0.443. The van der Waals surface area contributed by atoms with E-state index in [0.29, 0.717) is 24.6 Å². The SMILES string of the molecule is CCN(CC)S(=O)(=O)c1ccc(Oc2ccc(F)cc2)c(NC(=O)Cc2ccc(OC)cc2)c1. The number of hydrogen-bond acceptors (Lipinski definition) is 5. The van der Waals surface area contributed by atoms with Crippen LogP contribution in [0.1, 0.15) is 19.4 Å². The third-order valence-electron chi connectivity index (χ3n) is 5.13. The van der Waals surface area contributed by atoms with Crippen LogP contribution in [-0.4, -0.2) is 38.8 Å². The average Bonchev–Trinajstić information content (AvgIpc) is 2.82. The van der Waals surface area contributed by atoms with Gasteiger partial charge in [0.25, 0.3) is 0 Å². The fourth-order valence-electron chi connectivity index (χ4n) is 3.32. The lowest BCUT2D eigenvalue weighted by Crippen LogP contribution is -2.30. The van der Waals surface area contributed by atoms with Crippen molar-refractivity contribution in [3.05, 3.63) is 78.1 Å². The van der Waals surface area contributed by atoms with Crippen LogP contribution in [0.15, 0.2) is 71.6 Å². The minimum absolute atomic E-state index is 0.0300. The zero-order valence-electron chi connectivity index (χ0n) is 19.2. The maximum atomic E-state index is 13.3. The molecule has 0 fully saturated rings. The molecule has 0 spiro atoms. The van der Waals surface area contributed by atoms with Gasteiger partial charge < -0.3 is 14.8 Å². The van der Waals surface area contributed by atoms with E-state index in [4.69, 9.17) is 9.47 Å². The molecule has 0 saturated carbocycles. The van der Waals surface area contributed by atoms with E-state index >= 15 is 0 Å². The van der Waals surface area contributed by atoms with Crippen LogP contribution in [0.4, 0.5) is 10.1 Å². The molecule has 0 unspecified atom stereocenters. The van der Waals surface area contributed by atoms with Gasteiger partial charge in [-0.15, -0.1) is 0 Å². The minimum Gasteiger partial charge on any atom is -0.497 e. The van der Waals surface area contributed by atoms with Gasteiger partial charge in [-0.25, -0.2) is 12.8 Å². The standard InChI is InChI=1S/C25H27FN2O5S/c1-4-28(5-2)34(30,31)22-14-15-24(33-21-12-8-19(26)9-13-21)23(17-22)27-25(29)16-18-6-10-20(32-3)11-7-18/h6-15,17H,4-5,16H2,1-3H3,(H,27,29). The summed E-state index contributed by atoms with van der Waals surface area (Å²) in [6, 6.07) is 16.7. The lowest BCUT2D eigenvalue weighted by atomic mass is 10.1. The van der Waals surface area contributed by atoms with Gasteiger partial charge in [0.05, 0.1) is 24.1 Å². The first-order chi connectivity index (χ1) is 16.3. The number of nitrogens with zero attached hydrogens (tertiary/aromatic N) is 1. The van der Waals surface area contributed by atoms with Gasteiger partial charge in [-0.05, 0) is 60.2 Å². The highest BCUT2D eigenvalue weighted by Gasteiger charge is 2.23. The van der Waals surface area contributed by atoms with E-state index in [9.17, 15) is 17.6 Å². The second kappa shape index (κ2) is 11.1. The van der Waals surface area contributed by atoms with Gasteiger partial charge in [0.15, 0.2) is 5.75 Å². The first-order valence-electron chi connectivity index (χ1n) is 10.8. The van der Waals surface area contributed by atoms with Gasteiger partial charge in [-0.1, -0.05) is 26.0 Å². The fourth-order valence-corrected chi connectivity index (χ4v) is 4.81. The zero-order chi connectivity index (χ0) is 24.7. The van der Waals surface area contributed by atoms with Gasteiger partial charge >= 0.3 is 0 Å². The third kappa shape index (κ3) is 6.12. The second-order valence-corrected chi connectivity index (χ2v) is 9.31. The molecule has 0 heterocycles. The first kappa shape index (κ1) is 25.2. The van der Waals surface area contributed by atoms with Crippen molar-refractivity contribution in [2.24, 2.45) is 0 Å². The number of nitrogens with one attached hydrogen (secondary N) is 1. The van der Waals surface area contributed by atoms with Gasteiger partial charge in [0.1, 0.15) is 17.3 Å². The maximum absolute atomic E-state index is 13.3. The number of methoxy groups -OCH3 is 1. The smallest absolute Gasteiger partial charge is 0.243 e.